The summed E-state index contributed by atoms with van der Waals surface area (Å²) in [5, 5.41) is 6.30. The molecule has 0 saturated carbocycles. The monoisotopic (exact) mass is 264 g/mol. The van der Waals surface area contributed by atoms with Gasteiger partial charge >= 0.3 is 0 Å². The van der Waals surface area contributed by atoms with Gasteiger partial charge < -0.3 is 15.2 Å². The molecule has 1 amide bonds. The zero-order valence-electron chi connectivity index (χ0n) is 12.1. The summed E-state index contributed by atoms with van der Waals surface area (Å²) in [6, 6.07) is 0.175. The fourth-order valence-corrected chi connectivity index (χ4v) is 2.71. The average Bonchev–Trinajstić information content (AvgIpc) is 2.77. The lowest BCUT2D eigenvalue weighted by Crippen LogP contribution is -2.40. The maximum absolute atomic E-state index is 11.9. The Labute approximate surface area is 114 Å². The summed E-state index contributed by atoms with van der Waals surface area (Å²) in [6.07, 6.45) is 5.85. The van der Waals surface area contributed by atoms with Gasteiger partial charge in [-0.3, -0.25) is 4.79 Å². The van der Waals surface area contributed by atoms with Gasteiger partial charge in [0, 0.05) is 23.3 Å². The van der Waals surface area contributed by atoms with E-state index in [-0.39, 0.29) is 17.4 Å². The maximum atomic E-state index is 11.9. The number of hydrogen-bond acceptors (Lipinski definition) is 3. The molecule has 1 aromatic heterocycles. The van der Waals surface area contributed by atoms with Crippen LogP contribution in [0, 0.1) is 0 Å². The first-order valence-corrected chi connectivity index (χ1v) is 7.02. The summed E-state index contributed by atoms with van der Waals surface area (Å²) >= 11 is 0. The Morgan fingerprint density at radius 1 is 1.53 bits per heavy atom. The predicted octanol–water partition coefficient (Wildman–Crippen LogP) is 1.05. The zero-order valence-corrected chi connectivity index (χ0v) is 12.1. The number of rotatable bonds is 4. The van der Waals surface area contributed by atoms with Gasteiger partial charge in [-0.25, -0.2) is 4.98 Å². The molecule has 2 rings (SSSR count). The molecule has 1 fully saturated rings. The summed E-state index contributed by atoms with van der Waals surface area (Å²) in [5.74, 6) is 0.0479. The molecule has 5 nitrogen and oxygen atoms in total. The van der Waals surface area contributed by atoms with Gasteiger partial charge in [0.2, 0.25) is 5.91 Å². The van der Waals surface area contributed by atoms with E-state index in [0.29, 0.717) is 6.54 Å². The van der Waals surface area contributed by atoms with Gasteiger partial charge in [0.1, 0.15) is 6.54 Å². The number of imidazole rings is 1. The van der Waals surface area contributed by atoms with Crippen molar-refractivity contribution in [3.8, 4) is 0 Å². The Balaban J connectivity index is 2.11. The van der Waals surface area contributed by atoms with Gasteiger partial charge in [-0.2, -0.15) is 0 Å². The lowest BCUT2D eigenvalue weighted by atomic mass is 9.78. The van der Waals surface area contributed by atoms with Crippen molar-refractivity contribution < 1.29 is 4.79 Å². The molecule has 2 N–H and O–H groups in total. The minimum Gasteiger partial charge on any atom is -0.352 e. The zero-order chi connectivity index (χ0) is 13.9. The minimum absolute atomic E-state index is 0.0479. The van der Waals surface area contributed by atoms with E-state index in [0.717, 1.165) is 25.9 Å². The number of nitrogens with one attached hydrogen (secondary N) is 2. The normalized spacial score (nSPS) is 18.5. The Morgan fingerprint density at radius 2 is 2.21 bits per heavy atom. The molecule has 0 radical (unpaired) electrons. The number of piperidine rings is 1. The third-order valence-electron chi connectivity index (χ3n) is 3.80. The largest absolute Gasteiger partial charge is 0.352 e. The number of nitrogens with zero attached hydrogens (tertiary/aromatic N) is 2. The van der Waals surface area contributed by atoms with Crippen molar-refractivity contribution in [3.63, 3.8) is 0 Å². The molecular formula is C14H24N4O. The summed E-state index contributed by atoms with van der Waals surface area (Å²) in [6.45, 7) is 8.62. The van der Waals surface area contributed by atoms with Gasteiger partial charge in [-0.1, -0.05) is 6.92 Å². The van der Waals surface area contributed by atoms with Crippen LogP contribution >= 0.6 is 0 Å². The number of aromatic nitrogens is 2. The molecule has 0 unspecified atom stereocenters. The van der Waals surface area contributed by atoms with Crippen molar-refractivity contribution in [3.05, 3.63) is 18.2 Å². The molecule has 0 aromatic carbocycles. The molecule has 19 heavy (non-hydrogen) atoms. The fraction of sp³-hybridized carbons (Fsp3) is 0.714. The van der Waals surface area contributed by atoms with E-state index in [1.807, 2.05) is 24.6 Å². The number of amides is 1. The highest BCUT2D eigenvalue weighted by Crippen LogP contribution is 2.32. The lowest BCUT2D eigenvalue weighted by Gasteiger charge is -2.34. The average molecular weight is 264 g/mol. The molecule has 1 saturated heterocycles. The first-order chi connectivity index (χ1) is 9.01. The third-order valence-corrected chi connectivity index (χ3v) is 3.80. The van der Waals surface area contributed by atoms with Crippen LogP contribution in [0.4, 0.5) is 0 Å². The Bertz CT molecular complexity index is 432. The Hall–Kier alpha value is -1.36. The second-order valence-corrected chi connectivity index (χ2v) is 5.94. The molecule has 0 aliphatic carbocycles. The predicted molar refractivity (Wildman–Crippen MR) is 75.0 cm³/mol. The third kappa shape index (κ3) is 3.35. The van der Waals surface area contributed by atoms with Crippen LogP contribution < -0.4 is 10.6 Å². The van der Waals surface area contributed by atoms with E-state index in [2.05, 4.69) is 22.5 Å². The van der Waals surface area contributed by atoms with Crippen LogP contribution in [0.25, 0.3) is 0 Å². The molecule has 5 heteroatoms. The van der Waals surface area contributed by atoms with Gasteiger partial charge in [-0.05, 0) is 39.8 Å². The molecule has 1 aliphatic heterocycles. The van der Waals surface area contributed by atoms with E-state index >= 15 is 0 Å². The number of carbonyl (C=O) groups is 1. The summed E-state index contributed by atoms with van der Waals surface area (Å²) in [4.78, 5) is 16.1. The first kappa shape index (κ1) is 14.1. The van der Waals surface area contributed by atoms with Crippen LogP contribution in [-0.2, 0) is 16.8 Å². The SMILES string of the molecule is CC(C)NC(=O)Cn1cncc1C1(C)CCNCC1. The molecule has 1 aliphatic rings. The first-order valence-electron chi connectivity index (χ1n) is 7.02. The summed E-state index contributed by atoms with van der Waals surface area (Å²) in [7, 11) is 0. The Kier molecular flexibility index (Phi) is 4.24. The second-order valence-electron chi connectivity index (χ2n) is 5.94. The van der Waals surface area contributed by atoms with Crippen LogP contribution in [0.3, 0.4) is 0 Å². The molecule has 2 heterocycles. The highest BCUT2D eigenvalue weighted by Gasteiger charge is 2.31. The molecule has 1 aromatic rings. The number of hydrogen-bond donors (Lipinski definition) is 2. The Morgan fingerprint density at radius 3 is 2.84 bits per heavy atom. The number of carbonyl (C=O) groups excluding carboxylic acids is 1. The summed E-state index contributed by atoms with van der Waals surface area (Å²) < 4.78 is 1.99. The fourth-order valence-electron chi connectivity index (χ4n) is 2.71. The van der Waals surface area contributed by atoms with Crippen molar-refractivity contribution in [1.82, 2.24) is 20.2 Å². The highest BCUT2D eigenvalue weighted by molar-refractivity contribution is 5.76. The molecule has 0 spiro atoms. The topological polar surface area (TPSA) is 59.0 Å². The lowest BCUT2D eigenvalue weighted by molar-refractivity contribution is -0.122. The molecule has 106 valence electrons. The van der Waals surface area contributed by atoms with Crippen molar-refractivity contribution >= 4 is 5.91 Å². The van der Waals surface area contributed by atoms with E-state index in [1.165, 1.54) is 5.69 Å². The van der Waals surface area contributed by atoms with E-state index < -0.39 is 0 Å². The van der Waals surface area contributed by atoms with Gasteiger partial charge in [-0.15, -0.1) is 0 Å². The summed E-state index contributed by atoms with van der Waals surface area (Å²) in [5.41, 5.74) is 1.30. The van der Waals surface area contributed by atoms with Gasteiger partial charge in [0.05, 0.1) is 6.33 Å². The van der Waals surface area contributed by atoms with Crippen LogP contribution in [0.2, 0.25) is 0 Å². The van der Waals surface area contributed by atoms with Crippen molar-refractivity contribution in [2.75, 3.05) is 13.1 Å². The van der Waals surface area contributed by atoms with Gasteiger partial charge in [0.15, 0.2) is 0 Å². The molecule has 0 bridgehead atoms. The quantitative estimate of drug-likeness (QED) is 0.854. The minimum atomic E-state index is 0.0479. The highest BCUT2D eigenvalue weighted by atomic mass is 16.2. The van der Waals surface area contributed by atoms with Crippen molar-refractivity contribution in [2.24, 2.45) is 0 Å². The van der Waals surface area contributed by atoms with E-state index in [4.69, 9.17) is 0 Å². The van der Waals surface area contributed by atoms with Crippen molar-refractivity contribution in [2.45, 2.75) is 51.6 Å². The van der Waals surface area contributed by atoms with Crippen LogP contribution in [0.15, 0.2) is 12.5 Å². The van der Waals surface area contributed by atoms with E-state index in [9.17, 15) is 4.79 Å². The molecule has 0 atom stereocenters. The smallest absolute Gasteiger partial charge is 0.240 e. The maximum Gasteiger partial charge on any atom is 0.240 e. The van der Waals surface area contributed by atoms with E-state index in [1.54, 1.807) is 6.33 Å². The van der Waals surface area contributed by atoms with Crippen LogP contribution in [0.1, 0.15) is 39.3 Å². The van der Waals surface area contributed by atoms with Crippen molar-refractivity contribution in [1.29, 1.82) is 0 Å². The second kappa shape index (κ2) is 5.74. The van der Waals surface area contributed by atoms with Crippen LogP contribution in [0.5, 0.6) is 0 Å². The van der Waals surface area contributed by atoms with Gasteiger partial charge in [0.25, 0.3) is 0 Å². The molecular weight excluding hydrogens is 240 g/mol. The van der Waals surface area contributed by atoms with Crippen LogP contribution in [-0.4, -0.2) is 34.6 Å². The standard InChI is InChI=1S/C14H24N4O/c1-11(2)17-13(19)9-18-10-16-8-12(18)14(3)4-6-15-7-5-14/h8,10-11,15H,4-7,9H2,1-3H3,(H,17,19).